The summed E-state index contributed by atoms with van der Waals surface area (Å²) in [6.07, 6.45) is 2.41. The van der Waals surface area contributed by atoms with Crippen LogP contribution in [0.15, 0.2) is 60.7 Å². The standard InChI is InChI=1S/C30H36FNO4/c1-21-9-10-24(18-22(21)2)19-25(27-7-4-8-28(35-3)30(27)31)6-5-17-36-26-13-11-23(12-14-26)20-32-16-15-29(33)34/h4,7-14,18,25,32H,5-6,15-17,19-20H2,1-3H3,(H,33,34). The highest BCUT2D eigenvalue weighted by Crippen LogP contribution is 2.32. The van der Waals surface area contributed by atoms with Crippen molar-refractivity contribution < 1.29 is 23.8 Å². The quantitative estimate of drug-likeness (QED) is 0.262. The average Bonchev–Trinajstić information content (AvgIpc) is 2.87. The molecule has 1 unspecified atom stereocenters. The molecule has 0 heterocycles. The minimum Gasteiger partial charge on any atom is -0.494 e. The van der Waals surface area contributed by atoms with Crippen molar-refractivity contribution in [1.82, 2.24) is 5.32 Å². The summed E-state index contributed by atoms with van der Waals surface area (Å²) in [5.74, 6) is -0.0436. The molecule has 0 radical (unpaired) electrons. The number of carbonyl (C=O) groups is 1. The second-order valence-electron chi connectivity index (χ2n) is 9.14. The van der Waals surface area contributed by atoms with E-state index in [2.05, 4.69) is 37.4 Å². The first-order valence-electron chi connectivity index (χ1n) is 12.4. The van der Waals surface area contributed by atoms with Crippen molar-refractivity contribution in [3.63, 3.8) is 0 Å². The fourth-order valence-corrected chi connectivity index (χ4v) is 4.23. The lowest BCUT2D eigenvalue weighted by atomic mass is 9.87. The lowest BCUT2D eigenvalue weighted by Crippen LogP contribution is -2.17. The van der Waals surface area contributed by atoms with Crippen LogP contribution in [0.1, 0.15) is 53.0 Å². The highest BCUT2D eigenvalue weighted by atomic mass is 19.1. The summed E-state index contributed by atoms with van der Waals surface area (Å²) in [7, 11) is 1.49. The second kappa shape index (κ2) is 13.6. The molecule has 3 aromatic carbocycles. The summed E-state index contributed by atoms with van der Waals surface area (Å²) >= 11 is 0. The molecule has 3 aromatic rings. The van der Waals surface area contributed by atoms with Crippen LogP contribution in [-0.4, -0.2) is 31.3 Å². The Morgan fingerprint density at radius 1 is 1.03 bits per heavy atom. The minimum absolute atomic E-state index is 0.00468. The van der Waals surface area contributed by atoms with Crippen LogP contribution >= 0.6 is 0 Å². The summed E-state index contributed by atoms with van der Waals surface area (Å²) in [6, 6.07) is 19.6. The van der Waals surface area contributed by atoms with E-state index >= 15 is 4.39 Å². The minimum atomic E-state index is -0.809. The van der Waals surface area contributed by atoms with Gasteiger partial charge >= 0.3 is 5.97 Å². The van der Waals surface area contributed by atoms with E-state index in [9.17, 15) is 4.79 Å². The molecule has 0 saturated heterocycles. The van der Waals surface area contributed by atoms with Gasteiger partial charge in [-0.3, -0.25) is 4.79 Å². The van der Waals surface area contributed by atoms with E-state index in [-0.39, 0.29) is 23.9 Å². The van der Waals surface area contributed by atoms with Crippen LogP contribution in [-0.2, 0) is 17.8 Å². The molecule has 0 aliphatic rings. The van der Waals surface area contributed by atoms with Gasteiger partial charge in [-0.2, -0.15) is 0 Å². The molecule has 0 aliphatic heterocycles. The van der Waals surface area contributed by atoms with Crippen molar-refractivity contribution in [3.8, 4) is 11.5 Å². The molecular formula is C30H36FNO4. The van der Waals surface area contributed by atoms with E-state index in [1.54, 1.807) is 6.07 Å². The van der Waals surface area contributed by atoms with Gasteiger partial charge in [0.25, 0.3) is 0 Å². The van der Waals surface area contributed by atoms with E-state index in [4.69, 9.17) is 14.6 Å². The van der Waals surface area contributed by atoms with Crippen LogP contribution in [0.5, 0.6) is 11.5 Å². The third-order valence-electron chi connectivity index (χ3n) is 6.44. The number of hydrogen-bond donors (Lipinski definition) is 2. The number of nitrogens with one attached hydrogen (secondary N) is 1. The number of carboxylic acid groups (broad SMARTS) is 1. The van der Waals surface area contributed by atoms with E-state index < -0.39 is 5.97 Å². The first kappa shape index (κ1) is 27.2. The Morgan fingerprint density at radius 3 is 2.47 bits per heavy atom. The Labute approximate surface area is 213 Å². The number of benzene rings is 3. The van der Waals surface area contributed by atoms with Crippen LogP contribution in [0.2, 0.25) is 0 Å². The van der Waals surface area contributed by atoms with Gasteiger partial charge in [0.2, 0.25) is 0 Å². The molecule has 0 aliphatic carbocycles. The van der Waals surface area contributed by atoms with Gasteiger partial charge in [0.15, 0.2) is 11.6 Å². The van der Waals surface area contributed by atoms with Crippen molar-refractivity contribution in [1.29, 1.82) is 0 Å². The van der Waals surface area contributed by atoms with Crippen LogP contribution in [0.4, 0.5) is 4.39 Å². The molecule has 0 bridgehead atoms. The van der Waals surface area contributed by atoms with Gasteiger partial charge in [0.05, 0.1) is 20.1 Å². The molecule has 0 aromatic heterocycles. The Hall–Kier alpha value is -3.38. The Morgan fingerprint density at radius 2 is 1.78 bits per heavy atom. The number of hydrogen-bond acceptors (Lipinski definition) is 4. The third kappa shape index (κ3) is 8.09. The maximum Gasteiger partial charge on any atom is 0.304 e. The first-order valence-corrected chi connectivity index (χ1v) is 12.4. The van der Waals surface area contributed by atoms with E-state index in [1.165, 1.54) is 23.8 Å². The van der Waals surface area contributed by atoms with Gasteiger partial charge in [0, 0.05) is 13.1 Å². The number of aliphatic carboxylic acids is 1. The SMILES string of the molecule is COc1cccc(C(CCCOc2ccc(CNCCC(=O)O)cc2)Cc2ccc(C)c(C)c2)c1F. The number of carboxylic acids is 1. The second-order valence-corrected chi connectivity index (χ2v) is 9.14. The summed E-state index contributed by atoms with van der Waals surface area (Å²) in [6.45, 7) is 5.78. The van der Waals surface area contributed by atoms with Crippen molar-refractivity contribution in [2.45, 2.75) is 52.0 Å². The number of methoxy groups -OCH3 is 1. The molecular weight excluding hydrogens is 457 g/mol. The zero-order valence-corrected chi connectivity index (χ0v) is 21.4. The fraction of sp³-hybridized carbons (Fsp3) is 0.367. The molecule has 3 rings (SSSR count). The lowest BCUT2D eigenvalue weighted by molar-refractivity contribution is -0.136. The van der Waals surface area contributed by atoms with Crippen LogP contribution in [0.3, 0.4) is 0 Å². The first-order chi connectivity index (χ1) is 17.4. The zero-order valence-electron chi connectivity index (χ0n) is 21.4. The molecule has 0 fully saturated rings. The molecule has 5 nitrogen and oxygen atoms in total. The maximum atomic E-state index is 15.1. The topological polar surface area (TPSA) is 67.8 Å². The molecule has 192 valence electrons. The third-order valence-corrected chi connectivity index (χ3v) is 6.44. The Kier molecular flexibility index (Phi) is 10.3. The Bertz CT molecular complexity index is 1130. The lowest BCUT2D eigenvalue weighted by Gasteiger charge is -2.20. The average molecular weight is 494 g/mol. The fourth-order valence-electron chi connectivity index (χ4n) is 4.23. The molecule has 6 heteroatoms. The van der Waals surface area contributed by atoms with Crippen LogP contribution in [0.25, 0.3) is 0 Å². The smallest absolute Gasteiger partial charge is 0.304 e. The van der Waals surface area contributed by atoms with E-state index in [0.29, 0.717) is 25.3 Å². The predicted molar refractivity (Wildman–Crippen MR) is 140 cm³/mol. The predicted octanol–water partition coefficient (Wildman–Crippen LogP) is 6.20. The normalized spacial score (nSPS) is 11.8. The number of halogens is 1. The number of ether oxygens (including phenoxy) is 2. The van der Waals surface area contributed by atoms with Crippen molar-refractivity contribution in [2.75, 3.05) is 20.3 Å². The summed E-state index contributed by atoms with van der Waals surface area (Å²) in [5, 5.41) is 11.8. The van der Waals surface area contributed by atoms with Crippen LogP contribution in [0, 0.1) is 19.7 Å². The van der Waals surface area contributed by atoms with Gasteiger partial charge in [-0.15, -0.1) is 0 Å². The highest BCUT2D eigenvalue weighted by Gasteiger charge is 2.19. The van der Waals surface area contributed by atoms with Gasteiger partial charge < -0.3 is 19.9 Å². The van der Waals surface area contributed by atoms with Crippen molar-refractivity contribution in [2.24, 2.45) is 0 Å². The molecule has 2 N–H and O–H groups in total. The van der Waals surface area contributed by atoms with Crippen molar-refractivity contribution >= 4 is 5.97 Å². The molecule has 1 atom stereocenters. The number of rotatable bonds is 14. The van der Waals surface area contributed by atoms with Gasteiger partial charge in [-0.25, -0.2) is 4.39 Å². The molecule has 0 saturated carbocycles. The van der Waals surface area contributed by atoms with E-state index in [0.717, 1.165) is 30.6 Å². The zero-order chi connectivity index (χ0) is 25.9. The van der Waals surface area contributed by atoms with Gasteiger partial charge in [-0.05, 0) is 85.0 Å². The summed E-state index contributed by atoms with van der Waals surface area (Å²) in [4.78, 5) is 10.6. The highest BCUT2D eigenvalue weighted by molar-refractivity contribution is 5.66. The van der Waals surface area contributed by atoms with Gasteiger partial charge in [-0.1, -0.05) is 42.5 Å². The molecule has 0 spiro atoms. The molecule has 0 amide bonds. The summed E-state index contributed by atoms with van der Waals surface area (Å²) < 4.78 is 26.3. The molecule has 36 heavy (non-hydrogen) atoms. The monoisotopic (exact) mass is 493 g/mol. The van der Waals surface area contributed by atoms with Crippen LogP contribution < -0.4 is 14.8 Å². The summed E-state index contributed by atoms with van der Waals surface area (Å²) in [5.41, 5.74) is 5.42. The number of aryl methyl sites for hydroxylation is 2. The maximum absolute atomic E-state index is 15.1. The Balaban J connectivity index is 1.58. The van der Waals surface area contributed by atoms with E-state index in [1.807, 2.05) is 36.4 Å². The largest absolute Gasteiger partial charge is 0.494 e. The van der Waals surface area contributed by atoms with Gasteiger partial charge in [0.1, 0.15) is 5.75 Å². The van der Waals surface area contributed by atoms with Crippen molar-refractivity contribution in [3.05, 3.63) is 94.3 Å².